The van der Waals surface area contributed by atoms with Gasteiger partial charge in [0.1, 0.15) is 5.82 Å². The Labute approximate surface area is 180 Å². The van der Waals surface area contributed by atoms with Gasteiger partial charge in [0.15, 0.2) is 5.89 Å². The SMILES string of the molecule is Cc1nc(C)c(C(=O)N2CCCC[C@H]2c2nc(N(C)C)ncc2-c2ccc(F)cc2)o1. The van der Waals surface area contributed by atoms with Crippen molar-refractivity contribution >= 4 is 11.9 Å². The highest BCUT2D eigenvalue weighted by Crippen LogP contribution is 2.37. The van der Waals surface area contributed by atoms with Crippen LogP contribution in [0.5, 0.6) is 0 Å². The van der Waals surface area contributed by atoms with Crippen molar-refractivity contribution in [1.82, 2.24) is 19.9 Å². The molecule has 7 nitrogen and oxygen atoms in total. The van der Waals surface area contributed by atoms with Gasteiger partial charge < -0.3 is 14.2 Å². The summed E-state index contributed by atoms with van der Waals surface area (Å²) in [6.45, 7) is 4.12. The number of benzene rings is 1. The van der Waals surface area contributed by atoms with Gasteiger partial charge in [0, 0.05) is 39.3 Å². The van der Waals surface area contributed by atoms with Crippen LogP contribution in [0.2, 0.25) is 0 Å². The Morgan fingerprint density at radius 2 is 1.90 bits per heavy atom. The fraction of sp³-hybridized carbons (Fsp3) is 0.391. The van der Waals surface area contributed by atoms with Gasteiger partial charge in [-0.2, -0.15) is 0 Å². The first-order chi connectivity index (χ1) is 14.8. The average molecular weight is 423 g/mol. The number of piperidine rings is 1. The van der Waals surface area contributed by atoms with Crippen LogP contribution in [0.15, 0.2) is 34.9 Å². The number of amides is 1. The van der Waals surface area contributed by atoms with Gasteiger partial charge in [0.25, 0.3) is 5.91 Å². The van der Waals surface area contributed by atoms with E-state index in [0.29, 0.717) is 24.1 Å². The second-order valence-electron chi connectivity index (χ2n) is 8.03. The van der Waals surface area contributed by atoms with Gasteiger partial charge in [-0.15, -0.1) is 0 Å². The monoisotopic (exact) mass is 423 g/mol. The number of likely N-dealkylation sites (tertiary alicyclic amines) is 1. The van der Waals surface area contributed by atoms with Crippen molar-refractivity contribution in [3.05, 3.63) is 59.3 Å². The van der Waals surface area contributed by atoms with Crippen molar-refractivity contribution in [1.29, 1.82) is 0 Å². The summed E-state index contributed by atoms with van der Waals surface area (Å²) in [6.07, 6.45) is 4.42. The highest BCUT2D eigenvalue weighted by molar-refractivity contribution is 5.93. The van der Waals surface area contributed by atoms with Crippen LogP contribution in [0.3, 0.4) is 0 Å². The molecular formula is C23H26FN5O2. The maximum Gasteiger partial charge on any atom is 0.292 e. The van der Waals surface area contributed by atoms with Gasteiger partial charge in [0.2, 0.25) is 11.7 Å². The third kappa shape index (κ3) is 4.15. The smallest absolute Gasteiger partial charge is 0.292 e. The van der Waals surface area contributed by atoms with E-state index in [2.05, 4.69) is 9.97 Å². The molecule has 1 aliphatic heterocycles. The largest absolute Gasteiger partial charge is 0.436 e. The van der Waals surface area contributed by atoms with Crippen molar-refractivity contribution in [2.24, 2.45) is 0 Å². The summed E-state index contributed by atoms with van der Waals surface area (Å²) in [5, 5.41) is 0. The van der Waals surface area contributed by atoms with Crippen LogP contribution < -0.4 is 4.90 Å². The number of hydrogen-bond donors (Lipinski definition) is 0. The third-order valence-electron chi connectivity index (χ3n) is 5.54. The quantitative estimate of drug-likeness (QED) is 0.622. The summed E-state index contributed by atoms with van der Waals surface area (Å²) >= 11 is 0. The van der Waals surface area contributed by atoms with E-state index < -0.39 is 0 Å². The first-order valence-electron chi connectivity index (χ1n) is 10.4. The lowest BCUT2D eigenvalue weighted by Crippen LogP contribution is -2.39. The van der Waals surface area contributed by atoms with Crippen LogP contribution in [0.1, 0.15) is 53.1 Å². The average Bonchev–Trinajstić information content (AvgIpc) is 3.11. The van der Waals surface area contributed by atoms with E-state index in [0.717, 1.165) is 36.1 Å². The molecule has 0 N–H and O–H groups in total. The fourth-order valence-corrected chi connectivity index (χ4v) is 4.03. The number of rotatable bonds is 4. The standard InChI is InChI=1S/C23H26FN5O2/c1-14-21(31-15(2)26-14)22(30)29-12-6-5-7-19(29)20-18(13-25-23(27-20)28(3)4)16-8-10-17(24)11-9-16/h8-11,13,19H,5-7,12H2,1-4H3/t19-/m0/s1. The number of aryl methyl sites for hydroxylation is 2. The number of aromatic nitrogens is 3. The first-order valence-corrected chi connectivity index (χ1v) is 10.4. The van der Waals surface area contributed by atoms with Crippen LogP contribution in [-0.2, 0) is 0 Å². The molecule has 1 saturated heterocycles. The number of carbonyl (C=O) groups excluding carboxylic acids is 1. The van der Waals surface area contributed by atoms with Crippen molar-refractivity contribution in [3.8, 4) is 11.1 Å². The Bertz CT molecular complexity index is 1090. The van der Waals surface area contributed by atoms with Crippen molar-refractivity contribution in [2.75, 3.05) is 25.5 Å². The van der Waals surface area contributed by atoms with Gasteiger partial charge in [0.05, 0.1) is 17.4 Å². The van der Waals surface area contributed by atoms with E-state index in [1.54, 1.807) is 32.2 Å². The van der Waals surface area contributed by atoms with E-state index in [-0.39, 0.29) is 23.5 Å². The normalized spacial score (nSPS) is 16.4. The topological polar surface area (TPSA) is 75.4 Å². The molecule has 0 bridgehead atoms. The summed E-state index contributed by atoms with van der Waals surface area (Å²) < 4.78 is 19.1. The Balaban J connectivity index is 1.81. The van der Waals surface area contributed by atoms with Crippen LogP contribution in [-0.4, -0.2) is 46.4 Å². The van der Waals surface area contributed by atoms with Gasteiger partial charge in [-0.1, -0.05) is 12.1 Å². The van der Waals surface area contributed by atoms with Gasteiger partial charge >= 0.3 is 0 Å². The van der Waals surface area contributed by atoms with Crippen LogP contribution in [0.4, 0.5) is 10.3 Å². The van der Waals surface area contributed by atoms with E-state index in [9.17, 15) is 9.18 Å². The fourth-order valence-electron chi connectivity index (χ4n) is 4.03. The molecule has 0 unspecified atom stereocenters. The molecular weight excluding hydrogens is 397 g/mol. The number of oxazole rings is 1. The van der Waals surface area contributed by atoms with Crippen molar-refractivity contribution in [2.45, 2.75) is 39.2 Å². The second kappa shape index (κ2) is 8.45. The number of halogens is 1. The predicted octanol–water partition coefficient (Wildman–Crippen LogP) is 4.32. The minimum Gasteiger partial charge on any atom is -0.436 e. The molecule has 3 aromatic rings. The summed E-state index contributed by atoms with van der Waals surface area (Å²) in [5.74, 6) is 0.818. The molecule has 1 aromatic carbocycles. The first kappa shape index (κ1) is 21.0. The molecule has 162 valence electrons. The van der Waals surface area contributed by atoms with Crippen LogP contribution in [0.25, 0.3) is 11.1 Å². The maximum absolute atomic E-state index is 13.5. The number of nitrogens with zero attached hydrogens (tertiary/aromatic N) is 5. The molecule has 0 aliphatic carbocycles. The highest BCUT2D eigenvalue weighted by atomic mass is 19.1. The highest BCUT2D eigenvalue weighted by Gasteiger charge is 2.34. The molecule has 4 rings (SSSR count). The van der Waals surface area contributed by atoms with Crippen LogP contribution >= 0.6 is 0 Å². The molecule has 3 heterocycles. The van der Waals surface area contributed by atoms with Crippen molar-refractivity contribution in [3.63, 3.8) is 0 Å². The molecule has 31 heavy (non-hydrogen) atoms. The number of carbonyl (C=O) groups is 1. The lowest BCUT2D eigenvalue weighted by atomic mass is 9.93. The molecule has 0 saturated carbocycles. The van der Waals surface area contributed by atoms with E-state index >= 15 is 0 Å². The lowest BCUT2D eigenvalue weighted by molar-refractivity contribution is 0.0572. The molecule has 1 aliphatic rings. The summed E-state index contributed by atoms with van der Waals surface area (Å²) in [7, 11) is 3.75. The second-order valence-corrected chi connectivity index (χ2v) is 8.03. The zero-order valence-electron chi connectivity index (χ0n) is 18.2. The summed E-state index contributed by atoms with van der Waals surface area (Å²) in [6, 6.07) is 6.03. The molecule has 0 spiro atoms. The molecule has 1 fully saturated rings. The zero-order valence-corrected chi connectivity index (χ0v) is 18.2. The predicted molar refractivity (Wildman–Crippen MR) is 115 cm³/mol. The van der Waals surface area contributed by atoms with Crippen LogP contribution in [0, 0.1) is 19.7 Å². The Morgan fingerprint density at radius 3 is 2.55 bits per heavy atom. The van der Waals surface area contributed by atoms with E-state index in [1.807, 2.05) is 23.9 Å². The van der Waals surface area contributed by atoms with Gasteiger partial charge in [-0.3, -0.25) is 4.79 Å². The summed E-state index contributed by atoms with van der Waals surface area (Å²) in [5.41, 5.74) is 2.95. The summed E-state index contributed by atoms with van der Waals surface area (Å²) in [4.78, 5) is 30.6. The van der Waals surface area contributed by atoms with Gasteiger partial charge in [-0.05, 0) is 43.9 Å². The Hall–Kier alpha value is -3.29. The minimum absolute atomic E-state index is 0.183. The number of hydrogen-bond acceptors (Lipinski definition) is 6. The molecule has 0 radical (unpaired) electrons. The van der Waals surface area contributed by atoms with Crippen molar-refractivity contribution < 1.29 is 13.6 Å². The molecule has 1 atom stereocenters. The van der Waals surface area contributed by atoms with E-state index in [1.165, 1.54) is 12.1 Å². The van der Waals surface area contributed by atoms with E-state index in [4.69, 9.17) is 9.40 Å². The molecule has 8 heteroatoms. The third-order valence-corrected chi connectivity index (χ3v) is 5.54. The Morgan fingerprint density at radius 1 is 1.16 bits per heavy atom. The zero-order chi connectivity index (χ0) is 22.1. The molecule has 1 amide bonds. The minimum atomic E-state index is -0.304. The molecule has 2 aromatic heterocycles. The van der Waals surface area contributed by atoms with Gasteiger partial charge in [-0.25, -0.2) is 19.3 Å². The number of anilines is 1. The lowest BCUT2D eigenvalue weighted by Gasteiger charge is -2.36. The Kier molecular flexibility index (Phi) is 5.71. The maximum atomic E-state index is 13.5.